The number of nitrogens with zero attached hydrogens (tertiary/aromatic N) is 2. The number of likely N-dealkylation sites (N-methyl/N-ethyl adjacent to an activating group) is 1. The van der Waals surface area contributed by atoms with Gasteiger partial charge in [0.1, 0.15) is 0 Å². The summed E-state index contributed by atoms with van der Waals surface area (Å²) in [6, 6.07) is 10.6. The van der Waals surface area contributed by atoms with Gasteiger partial charge in [-0.15, -0.1) is 0 Å². The summed E-state index contributed by atoms with van der Waals surface area (Å²) in [6.07, 6.45) is 4.76. The average Bonchev–Trinajstić information content (AvgIpc) is 3.30. The van der Waals surface area contributed by atoms with Crippen molar-refractivity contribution in [1.29, 1.82) is 0 Å². The van der Waals surface area contributed by atoms with Crippen molar-refractivity contribution in [2.45, 2.75) is 50.3 Å². The van der Waals surface area contributed by atoms with E-state index in [0.29, 0.717) is 25.0 Å². The highest BCUT2D eigenvalue weighted by molar-refractivity contribution is 5.78. The summed E-state index contributed by atoms with van der Waals surface area (Å²) in [4.78, 5) is 16.5. The molecule has 1 saturated carbocycles. The van der Waals surface area contributed by atoms with Crippen molar-refractivity contribution in [3.05, 3.63) is 35.9 Å². The second kappa shape index (κ2) is 6.80. The van der Waals surface area contributed by atoms with Crippen LogP contribution in [0.25, 0.3) is 0 Å². The smallest absolute Gasteiger partial charge is 0.236 e. The number of benzene rings is 1. The number of hydrogen-bond donors (Lipinski definition) is 1. The fourth-order valence-corrected chi connectivity index (χ4v) is 3.39. The standard InChI is InChI=1S/C18H26N2O2/c1-19(15-9-10-15)18(22)13-20-11-5-8-16(20)12-17(21)14-6-3-2-4-7-14/h2-4,6-7,15-17,21H,5,8-13H2,1H3/t16-,17-/m0/s1. The number of carbonyl (C=O) groups excluding carboxylic acids is 1. The SMILES string of the molecule is CN(C(=O)CN1CCC[C@H]1C[C@H](O)c1ccccc1)C1CC1. The Morgan fingerprint density at radius 3 is 2.73 bits per heavy atom. The Kier molecular flexibility index (Phi) is 4.79. The summed E-state index contributed by atoms with van der Waals surface area (Å²) in [6.45, 7) is 1.47. The number of amides is 1. The minimum Gasteiger partial charge on any atom is -0.388 e. The van der Waals surface area contributed by atoms with E-state index in [9.17, 15) is 9.90 Å². The van der Waals surface area contributed by atoms with E-state index in [1.54, 1.807) is 0 Å². The predicted molar refractivity (Wildman–Crippen MR) is 86.4 cm³/mol. The molecular weight excluding hydrogens is 276 g/mol. The predicted octanol–water partition coefficient (Wildman–Crippen LogP) is 2.20. The van der Waals surface area contributed by atoms with Crippen molar-refractivity contribution in [1.82, 2.24) is 9.80 Å². The Morgan fingerprint density at radius 2 is 2.05 bits per heavy atom. The first-order chi connectivity index (χ1) is 10.6. The van der Waals surface area contributed by atoms with E-state index in [4.69, 9.17) is 0 Å². The molecule has 1 heterocycles. The van der Waals surface area contributed by atoms with Gasteiger partial charge in [0.2, 0.25) is 5.91 Å². The molecule has 1 aromatic carbocycles. The third-order valence-electron chi connectivity index (χ3n) is 5.01. The first-order valence-electron chi connectivity index (χ1n) is 8.38. The van der Waals surface area contributed by atoms with Gasteiger partial charge in [-0.25, -0.2) is 0 Å². The minimum absolute atomic E-state index is 0.226. The van der Waals surface area contributed by atoms with Crippen molar-refractivity contribution in [3.63, 3.8) is 0 Å². The summed E-state index contributed by atoms with van der Waals surface area (Å²) < 4.78 is 0. The van der Waals surface area contributed by atoms with E-state index >= 15 is 0 Å². The lowest BCUT2D eigenvalue weighted by atomic mass is 10.0. The third-order valence-corrected chi connectivity index (χ3v) is 5.01. The van der Waals surface area contributed by atoms with Crippen LogP contribution in [0.2, 0.25) is 0 Å². The van der Waals surface area contributed by atoms with Crippen LogP contribution in [-0.4, -0.2) is 53.0 Å². The lowest BCUT2D eigenvalue weighted by Crippen LogP contribution is -2.41. The van der Waals surface area contributed by atoms with E-state index in [1.807, 2.05) is 42.3 Å². The molecule has 2 atom stereocenters. The molecule has 2 aliphatic rings. The molecule has 1 aliphatic heterocycles. The average molecular weight is 302 g/mol. The highest BCUT2D eigenvalue weighted by Gasteiger charge is 2.33. The summed E-state index contributed by atoms with van der Waals surface area (Å²) in [7, 11) is 1.92. The number of likely N-dealkylation sites (tertiary alicyclic amines) is 1. The molecule has 4 heteroatoms. The van der Waals surface area contributed by atoms with Gasteiger partial charge in [0, 0.05) is 19.1 Å². The fraction of sp³-hybridized carbons (Fsp3) is 0.611. The molecule has 0 bridgehead atoms. The van der Waals surface area contributed by atoms with Gasteiger partial charge in [-0.2, -0.15) is 0 Å². The zero-order chi connectivity index (χ0) is 15.5. The normalized spacial score (nSPS) is 23.5. The molecule has 1 aliphatic carbocycles. The highest BCUT2D eigenvalue weighted by atomic mass is 16.3. The first-order valence-corrected chi connectivity index (χ1v) is 8.38. The highest BCUT2D eigenvalue weighted by Crippen LogP contribution is 2.29. The third kappa shape index (κ3) is 3.68. The number of aliphatic hydroxyl groups excluding tert-OH is 1. The van der Waals surface area contributed by atoms with Crippen LogP contribution < -0.4 is 0 Å². The van der Waals surface area contributed by atoms with Crippen LogP contribution in [0.4, 0.5) is 0 Å². The van der Waals surface area contributed by atoms with Gasteiger partial charge in [0.25, 0.3) is 0 Å². The Hall–Kier alpha value is -1.39. The van der Waals surface area contributed by atoms with Crippen molar-refractivity contribution in [3.8, 4) is 0 Å². The maximum atomic E-state index is 12.3. The summed E-state index contributed by atoms with van der Waals surface area (Å²) in [5.74, 6) is 0.226. The van der Waals surface area contributed by atoms with Gasteiger partial charge in [-0.1, -0.05) is 30.3 Å². The summed E-state index contributed by atoms with van der Waals surface area (Å²) in [5.41, 5.74) is 0.968. The molecule has 1 aromatic rings. The molecular formula is C18H26N2O2. The van der Waals surface area contributed by atoms with Crippen LogP contribution in [-0.2, 0) is 4.79 Å². The molecule has 3 rings (SSSR count). The van der Waals surface area contributed by atoms with Gasteiger partial charge >= 0.3 is 0 Å². The minimum atomic E-state index is -0.442. The van der Waals surface area contributed by atoms with Crippen LogP contribution in [0.15, 0.2) is 30.3 Å². The maximum absolute atomic E-state index is 12.3. The van der Waals surface area contributed by atoms with Crippen LogP contribution in [0.3, 0.4) is 0 Å². The lowest BCUT2D eigenvalue weighted by molar-refractivity contribution is -0.132. The van der Waals surface area contributed by atoms with Crippen molar-refractivity contribution >= 4 is 5.91 Å². The monoisotopic (exact) mass is 302 g/mol. The quantitative estimate of drug-likeness (QED) is 0.876. The van der Waals surface area contributed by atoms with Gasteiger partial charge in [0.05, 0.1) is 12.6 Å². The van der Waals surface area contributed by atoms with E-state index in [0.717, 1.165) is 37.8 Å². The maximum Gasteiger partial charge on any atom is 0.236 e. The molecule has 4 nitrogen and oxygen atoms in total. The Morgan fingerprint density at radius 1 is 1.32 bits per heavy atom. The summed E-state index contributed by atoms with van der Waals surface area (Å²) in [5, 5.41) is 10.4. The van der Waals surface area contributed by atoms with E-state index in [-0.39, 0.29) is 5.91 Å². The van der Waals surface area contributed by atoms with Crippen molar-refractivity contribution in [2.75, 3.05) is 20.1 Å². The Bertz CT molecular complexity index is 501. The molecule has 0 unspecified atom stereocenters. The van der Waals surface area contributed by atoms with Crippen LogP contribution in [0.5, 0.6) is 0 Å². The first kappa shape index (κ1) is 15.5. The molecule has 0 radical (unpaired) electrons. The Labute approximate surface area is 132 Å². The van der Waals surface area contributed by atoms with E-state index in [2.05, 4.69) is 4.90 Å². The van der Waals surface area contributed by atoms with Crippen LogP contribution in [0, 0.1) is 0 Å². The van der Waals surface area contributed by atoms with Crippen LogP contribution in [0.1, 0.15) is 43.8 Å². The lowest BCUT2D eigenvalue weighted by Gasteiger charge is -2.28. The van der Waals surface area contributed by atoms with Crippen molar-refractivity contribution in [2.24, 2.45) is 0 Å². The second-order valence-electron chi connectivity index (χ2n) is 6.66. The second-order valence-corrected chi connectivity index (χ2v) is 6.66. The zero-order valence-electron chi connectivity index (χ0n) is 13.3. The molecule has 1 N–H and O–H groups in total. The molecule has 0 spiro atoms. The van der Waals surface area contributed by atoms with Gasteiger partial charge < -0.3 is 10.0 Å². The topological polar surface area (TPSA) is 43.8 Å². The van der Waals surface area contributed by atoms with Gasteiger partial charge in [-0.3, -0.25) is 9.69 Å². The van der Waals surface area contributed by atoms with Crippen molar-refractivity contribution < 1.29 is 9.90 Å². The number of rotatable bonds is 6. The zero-order valence-corrected chi connectivity index (χ0v) is 13.3. The molecule has 1 amide bonds. The number of hydrogen-bond acceptors (Lipinski definition) is 3. The van der Waals surface area contributed by atoms with E-state index < -0.39 is 6.10 Å². The summed E-state index contributed by atoms with van der Waals surface area (Å²) >= 11 is 0. The number of carbonyl (C=O) groups is 1. The molecule has 120 valence electrons. The molecule has 1 saturated heterocycles. The molecule has 22 heavy (non-hydrogen) atoms. The molecule has 2 fully saturated rings. The Balaban J connectivity index is 1.55. The van der Waals surface area contributed by atoms with Gasteiger partial charge in [-0.05, 0) is 44.2 Å². The number of aliphatic hydroxyl groups is 1. The largest absolute Gasteiger partial charge is 0.388 e. The van der Waals surface area contributed by atoms with Crippen LogP contribution >= 0.6 is 0 Å². The molecule has 0 aromatic heterocycles. The van der Waals surface area contributed by atoms with E-state index in [1.165, 1.54) is 0 Å². The van der Waals surface area contributed by atoms with Gasteiger partial charge in [0.15, 0.2) is 0 Å². The fourth-order valence-electron chi connectivity index (χ4n) is 3.39.